The molecule has 0 bridgehead atoms. The van der Waals surface area contributed by atoms with E-state index in [4.69, 9.17) is 0 Å². The average molecular weight is 293 g/mol. The van der Waals surface area contributed by atoms with Gasteiger partial charge in [-0.15, -0.1) is 6.58 Å². The van der Waals surface area contributed by atoms with Crippen LogP contribution in [0.1, 0.15) is 31.7 Å². The third-order valence-electron chi connectivity index (χ3n) is 4.28. The molecule has 0 saturated heterocycles. The van der Waals surface area contributed by atoms with Gasteiger partial charge in [-0.2, -0.15) is 0 Å². The maximum Gasteiger partial charge on any atom is 0.0469 e. The molecule has 0 unspecified atom stereocenters. The maximum atomic E-state index is 4.03. The van der Waals surface area contributed by atoms with Crippen LogP contribution in [0, 0.1) is 5.92 Å². The lowest BCUT2D eigenvalue weighted by molar-refractivity contribution is 0.430. The molecule has 22 heavy (non-hydrogen) atoms. The van der Waals surface area contributed by atoms with E-state index in [1.54, 1.807) is 0 Å². The summed E-state index contributed by atoms with van der Waals surface area (Å²) < 4.78 is 0. The van der Waals surface area contributed by atoms with Crippen LogP contribution in [0.4, 0.5) is 5.69 Å². The maximum absolute atomic E-state index is 4.03. The number of benzene rings is 2. The van der Waals surface area contributed by atoms with Gasteiger partial charge in [-0.25, -0.2) is 0 Å². The summed E-state index contributed by atoms with van der Waals surface area (Å²) in [5.74, 6) is 0.626. The van der Waals surface area contributed by atoms with E-state index >= 15 is 0 Å². The molecule has 2 rings (SSSR count). The SMILES string of the molecule is C=C[C@H](Nc1ccccc1)[C@@H](CC)CCCc1ccccc1. The van der Waals surface area contributed by atoms with Crippen LogP contribution in [-0.2, 0) is 6.42 Å². The standard InChI is InChI=1S/C21H27N/c1-3-19(15-11-14-18-12-7-5-8-13-18)21(4-2)22-20-16-9-6-10-17-20/h4-10,12-13,16-17,19,21-22H,2-3,11,14-15H2,1H3/t19-,21-/m0/s1. The van der Waals surface area contributed by atoms with Gasteiger partial charge in [-0.05, 0) is 42.9 Å². The highest BCUT2D eigenvalue weighted by molar-refractivity contribution is 5.44. The number of nitrogens with one attached hydrogen (secondary N) is 1. The van der Waals surface area contributed by atoms with Crippen LogP contribution in [0.3, 0.4) is 0 Å². The van der Waals surface area contributed by atoms with E-state index in [1.165, 1.54) is 30.5 Å². The molecule has 0 fully saturated rings. The summed E-state index contributed by atoms with van der Waals surface area (Å²) in [5.41, 5.74) is 2.61. The third kappa shape index (κ3) is 5.07. The fourth-order valence-corrected chi connectivity index (χ4v) is 2.95. The number of para-hydroxylation sites is 1. The molecule has 116 valence electrons. The van der Waals surface area contributed by atoms with Gasteiger partial charge in [0.05, 0.1) is 0 Å². The van der Waals surface area contributed by atoms with E-state index in [0.29, 0.717) is 12.0 Å². The minimum absolute atomic E-state index is 0.336. The van der Waals surface area contributed by atoms with Gasteiger partial charge in [0.15, 0.2) is 0 Å². The second-order valence-electron chi connectivity index (χ2n) is 5.82. The van der Waals surface area contributed by atoms with Crippen molar-refractivity contribution in [2.24, 2.45) is 5.92 Å². The summed E-state index contributed by atoms with van der Waals surface area (Å²) in [6.45, 7) is 6.30. The first-order valence-electron chi connectivity index (χ1n) is 8.31. The third-order valence-corrected chi connectivity index (χ3v) is 4.28. The summed E-state index contributed by atoms with van der Waals surface area (Å²) in [7, 11) is 0. The van der Waals surface area contributed by atoms with Gasteiger partial charge in [0.1, 0.15) is 0 Å². The van der Waals surface area contributed by atoms with Crippen molar-refractivity contribution < 1.29 is 0 Å². The van der Waals surface area contributed by atoms with Crippen molar-refractivity contribution >= 4 is 5.69 Å². The fraction of sp³-hybridized carbons (Fsp3) is 0.333. The molecule has 0 aliphatic rings. The second kappa shape index (κ2) is 9.09. The van der Waals surface area contributed by atoms with Crippen LogP contribution in [0.15, 0.2) is 73.3 Å². The zero-order valence-corrected chi connectivity index (χ0v) is 13.5. The first-order valence-corrected chi connectivity index (χ1v) is 8.31. The van der Waals surface area contributed by atoms with Crippen LogP contribution >= 0.6 is 0 Å². The molecule has 0 radical (unpaired) electrons. The Kier molecular flexibility index (Phi) is 6.76. The predicted molar refractivity (Wildman–Crippen MR) is 97.2 cm³/mol. The van der Waals surface area contributed by atoms with Crippen molar-refractivity contribution in [1.29, 1.82) is 0 Å². The van der Waals surface area contributed by atoms with Crippen LogP contribution < -0.4 is 5.32 Å². The quantitative estimate of drug-likeness (QED) is 0.585. The minimum atomic E-state index is 0.336. The van der Waals surface area contributed by atoms with Crippen molar-refractivity contribution in [3.63, 3.8) is 0 Å². The van der Waals surface area contributed by atoms with Crippen molar-refractivity contribution in [2.45, 2.75) is 38.6 Å². The average Bonchev–Trinajstić information content (AvgIpc) is 2.59. The number of aryl methyl sites for hydroxylation is 1. The van der Waals surface area contributed by atoms with Crippen molar-refractivity contribution in [2.75, 3.05) is 5.32 Å². The summed E-state index contributed by atoms with van der Waals surface area (Å²) >= 11 is 0. The zero-order valence-electron chi connectivity index (χ0n) is 13.5. The van der Waals surface area contributed by atoms with Crippen LogP contribution in [0.25, 0.3) is 0 Å². The van der Waals surface area contributed by atoms with Crippen molar-refractivity contribution in [3.8, 4) is 0 Å². The Morgan fingerprint density at radius 2 is 1.64 bits per heavy atom. The molecule has 2 aromatic carbocycles. The first kappa shape index (κ1) is 16.4. The number of hydrogen-bond acceptors (Lipinski definition) is 1. The first-order chi connectivity index (χ1) is 10.8. The van der Waals surface area contributed by atoms with Gasteiger partial charge in [-0.3, -0.25) is 0 Å². The van der Waals surface area contributed by atoms with Crippen LogP contribution in [-0.4, -0.2) is 6.04 Å². The molecular weight excluding hydrogens is 266 g/mol. The minimum Gasteiger partial charge on any atom is -0.379 e. The largest absolute Gasteiger partial charge is 0.379 e. The van der Waals surface area contributed by atoms with E-state index in [1.807, 2.05) is 6.07 Å². The molecule has 0 aliphatic heterocycles. The van der Waals surface area contributed by atoms with Crippen molar-refractivity contribution in [1.82, 2.24) is 0 Å². The Balaban J connectivity index is 1.87. The normalized spacial score (nSPS) is 13.3. The Hall–Kier alpha value is -2.02. The molecule has 1 heteroatoms. The van der Waals surface area contributed by atoms with E-state index in [-0.39, 0.29) is 0 Å². The summed E-state index contributed by atoms with van der Waals surface area (Å²) in [6.07, 6.45) is 6.84. The molecule has 0 aliphatic carbocycles. The lowest BCUT2D eigenvalue weighted by Gasteiger charge is -2.25. The van der Waals surface area contributed by atoms with Gasteiger partial charge in [-0.1, -0.05) is 68.0 Å². The van der Waals surface area contributed by atoms with Gasteiger partial charge in [0, 0.05) is 11.7 Å². The number of hydrogen-bond donors (Lipinski definition) is 1. The fourth-order valence-electron chi connectivity index (χ4n) is 2.95. The Morgan fingerprint density at radius 3 is 2.23 bits per heavy atom. The number of anilines is 1. The lowest BCUT2D eigenvalue weighted by Crippen LogP contribution is -2.26. The van der Waals surface area contributed by atoms with Gasteiger partial charge in [0.2, 0.25) is 0 Å². The molecule has 0 heterocycles. The van der Waals surface area contributed by atoms with Gasteiger partial charge in [0.25, 0.3) is 0 Å². The molecule has 0 saturated carbocycles. The predicted octanol–water partition coefficient (Wildman–Crippen LogP) is 5.70. The van der Waals surface area contributed by atoms with Gasteiger partial charge < -0.3 is 5.32 Å². The van der Waals surface area contributed by atoms with Crippen LogP contribution in [0.2, 0.25) is 0 Å². The highest BCUT2D eigenvalue weighted by atomic mass is 14.9. The lowest BCUT2D eigenvalue weighted by atomic mass is 9.90. The van der Waals surface area contributed by atoms with E-state index in [9.17, 15) is 0 Å². The Bertz CT molecular complexity index is 532. The van der Waals surface area contributed by atoms with E-state index in [0.717, 1.165) is 6.42 Å². The molecule has 0 aromatic heterocycles. The Labute approximate surface area is 135 Å². The topological polar surface area (TPSA) is 12.0 Å². The highest BCUT2D eigenvalue weighted by Gasteiger charge is 2.16. The van der Waals surface area contributed by atoms with E-state index in [2.05, 4.69) is 79.5 Å². The molecule has 0 spiro atoms. The zero-order chi connectivity index (χ0) is 15.6. The smallest absolute Gasteiger partial charge is 0.0469 e. The Morgan fingerprint density at radius 1 is 1.00 bits per heavy atom. The van der Waals surface area contributed by atoms with Gasteiger partial charge >= 0.3 is 0 Å². The van der Waals surface area contributed by atoms with E-state index < -0.39 is 0 Å². The second-order valence-corrected chi connectivity index (χ2v) is 5.82. The van der Waals surface area contributed by atoms with Crippen molar-refractivity contribution in [3.05, 3.63) is 78.9 Å². The molecule has 2 atom stereocenters. The highest BCUT2D eigenvalue weighted by Crippen LogP contribution is 2.22. The molecule has 1 nitrogen and oxygen atoms in total. The molecule has 0 amide bonds. The van der Waals surface area contributed by atoms with Crippen LogP contribution in [0.5, 0.6) is 0 Å². The summed E-state index contributed by atoms with van der Waals surface area (Å²) in [4.78, 5) is 0. The monoisotopic (exact) mass is 293 g/mol. The summed E-state index contributed by atoms with van der Waals surface area (Å²) in [5, 5.41) is 3.61. The molecule has 1 N–H and O–H groups in total. The molecular formula is C21H27N. The number of rotatable bonds is 9. The summed E-state index contributed by atoms with van der Waals surface area (Å²) in [6, 6.07) is 21.5. The molecule has 2 aromatic rings.